The van der Waals surface area contributed by atoms with Crippen LogP contribution in [0.3, 0.4) is 0 Å². The largest absolute Gasteiger partial charge is 0.391 e. The summed E-state index contributed by atoms with van der Waals surface area (Å²) in [4.78, 5) is 11.7. The maximum atomic E-state index is 11.7. The minimum atomic E-state index is -0.618. The number of hydrogen-bond acceptors (Lipinski definition) is 2. The monoisotopic (exact) mass is 207 g/mol. The zero-order valence-corrected chi connectivity index (χ0v) is 9.32. The van der Waals surface area contributed by atoms with E-state index in [9.17, 15) is 9.90 Å². The Morgan fingerprint density at radius 1 is 1.33 bits per heavy atom. The molecular weight excluding hydrogens is 190 g/mol. The first-order valence-electron chi connectivity index (χ1n) is 4.99. The average molecular weight is 207 g/mol. The van der Waals surface area contributed by atoms with Crippen molar-refractivity contribution in [3.63, 3.8) is 0 Å². The van der Waals surface area contributed by atoms with E-state index in [0.717, 1.165) is 0 Å². The molecule has 0 saturated carbocycles. The van der Waals surface area contributed by atoms with Gasteiger partial charge in [0.2, 0.25) is 0 Å². The van der Waals surface area contributed by atoms with Gasteiger partial charge in [0.1, 0.15) is 0 Å². The van der Waals surface area contributed by atoms with Gasteiger partial charge in [-0.1, -0.05) is 18.2 Å². The molecule has 1 aromatic rings. The van der Waals surface area contributed by atoms with Crippen LogP contribution < -0.4 is 5.32 Å². The fraction of sp³-hybridized carbons (Fsp3) is 0.417. The molecule has 0 aliphatic rings. The molecule has 0 spiro atoms. The maximum Gasteiger partial charge on any atom is 0.251 e. The third-order valence-corrected chi connectivity index (χ3v) is 2.52. The highest BCUT2D eigenvalue weighted by Crippen LogP contribution is 2.10. The van der Waals surface area contributed by atoms with E-state index in [1.165, 1.54) is 0 Å². The summed E-state index contributed by atoms with van der Waals surface area (Å²) in [5.74, 6) is -0.165. The molecule has 1 atom stereocenters. The number of nitrogens with one attached hydrogen (secondary N) is 1. The summed E-state index contributed by atoms with van der Waals surface area (Å²) >= 11 is 0. The third kappa shape index (κ3) is 3.06. The second kappa shape index (κ2) is 4.45. The first-order valence-corrected chi connectivity index (χ1v) is 4.99. The molecule has 1 rings (SSSR count). The third-order valence-electron chi connectivity index (χ3n) is 2.52. The fourth-order valence-corrected chi connectivity index (χ4v) is 1.06. The molecule has 0 aliphatic heterocycles. The van der Waals surface area contributed by atoms with E-state index in [-0.39, 0.29) is 5.91 Å². The summed E-state index contributed by atoms with van der Waals surface area (Å²) in [6.07, 6.45) is -0.592. The molecule has 0 aliphatic carbocycles. The SMILES string of the molecule is CC(O)C(C)(C)NC(=O)c1ccccc1. The second-order valence-electron chi connectivity index (χ2n) is 4.22. The van der Waals surface area contributed by atoms with E-state index < -0.39 is 11.6 Å². The van der Waals surface area contributed by atoms with Crippen molar-refractivity contribution in [3.05, 3.63) is 35.9 Å². The molecule has 0 heterocycles. The van der Waals surface area contributed by atoms with Crippen LogP contribution in [-0.2, 0) is 0 Å². The van der Waals surface area contributed by atoms with E-state index in [1.54, 1.807) is 32.9 Å². The molecule has 3 nitrogen and oxygen atoms in total. The standard InChI is InChI=1S/C12H17NO2/c1-9(14)12(2,3)13-11(15)10-7-5-4-6-8-10/h4-9,14H,1-3H3,(H,13,15). The topological polar surface area (TPSA) is 49.3 Å². The summed E-state index contributed by atoms with van der Waals surface area (Å²) in [5.41, 5.74) is -0.0151. The van der Waals surface area contributed by atoms with Crippen molar-refractivity contribution in [3.8, 4) is 0 Å². The Labute approximate surface area is 90.1 Å². The lowest BCUT2D eigenvalue weighted by Crippen LogP contribution is -2.50. The first kappa shape index (κ1) is 11.7. The van der Waals surface area contributed by atoms with Crippen LogP contribution in [0.1, 0.15) is 31.1 Å². The lowest BCUT2D eigenvalue weighted by molar-refractivity contribution is 0.0709. The lowest BCUT2D eigenvalue weighted by atomic mass is 9.98. The Hall–Kier alpha value is -1.35. The smallest absolute Gasteiger partial charge is 0.251 e. The van der Waals surface area contributed by atoms with Crippen LogP contribution in [0.4, 0.5) is 0 Å². The van der Waals surface area contributed by atoms with Crippen molar-refractivity contribution < 1.29 is 9.90 Å². The van der Waals surface area contributed by atoms with Crippen LogP contribution in [0.5, 0.6) is 0 Å². The van der Waals surface area contributed by atoms with E-state index in [4.69, 9.17) is 0 Å². The summed E-state index contributed by atoms with van der Waals surface area (Å²) < 4.78 is 0. The highest BCUT2D eigenvalue weighted by molar-refractivity contribution is 5.94. The number of benzene rings is 1. The molecule has 3 heteroatoms. The molecule has 0 saturated heterocycles. The fourth-order valence-electron chi connectivity index (χ4n) is 1.06. The molecular formula is C12H17NO2. The van der Waals surface area contributed by atoms with Gasteiger partial charge in [0.05, 0.1) is 11.6 Å². The Bertz CT molecular complexity index is 331. The average Bonchev–Trinajstić information content (AvgIpc) is 2.18. The predicted octanol–water partition coefficient (Wildman–Crippen LogP) is 1.58. The maximum absolute atomic E-state index is 11.7. The molecule has 1 aromatic carbocycles. The van der Waals surface area contributed by atoms with E-state index in [0.29, 0.717) is 5.56 Å². The van der Waals surface area contributed by atoms with Gasteiger partial charge in [-0.05, 0) is 32.9 Å². The van der Waals surface area contributed by atoms with Gasteiger partial charge in [-0.2, -0.15) is 0 Å². The van der Waals surface area contributed by atoms with Crippen LogP contribution in [-0.4, -0.2) is 22.7 Å². The predicted molar refractivity (Wildman–Crippen MR) is 59.7 cm³/mol. The van der Waals surface area contributed by atoms with Crippen LogP contribution in [0.15, 0.2) is 30.3 Å². The highest BCUT2D eigenvalue weighted by Gasteiger charge is 2.26. The number of hydrogen-bond donors (Lipinski definition) is 2. The molecule has 1 unspecified atom stereocenters. The van der Waals surface area contributed by atoms with Crippen LogP contribution in [0, 0.1) is 0 Å². The zero-order valence-electron chi connectivity index (χ0n) is 9.32. The van der Waals surface area contributed by atoms with Crippen molar-refractivity contribution in [1.29, 1.82) is 0 Å². The van der Waals surface area contributed by atoms with E-state index in [1.807, 2.05) is 18.2 Å². The minimum absolute atomic E-state index is 0.165. The molecule has 82 valence electrons. The second-order valence-corrected chi connectivity index (χ2v) is 4.22. The van der Waals surface area contributed by atoms with Gasteiger partial charge in [-0.3, -0.25) is 4.79 Å². The lowest BCUT2D eigenvalue weighted by Gasteiger charge is -2.29. The number of carbonyl (C=O) groups is 1. The van der Waals surface area contributed by atoms with Crippen molar-refractivity contribution in [2.24, 2.45) is 0 Å². The van der Waals surface area contributed by atoms with E-state index >= 15 is 0 Å². The van der Waals surface area contributed by atoms with Crippen LogP contribution in [0.2, 0.25) is 0 Å². The van der Waals surface area contributed by atoms with Crippen molar-refractivity contribution in [2.45, 2.75) is 32.4 Å². The molecule has 0 radical (unpaired) electrons. The van der Waals surface area contributed by atoms with Gasteiger partial charge in [-0.25, -0.2) is 0 Å². The van der Waals surface area contributed by atoms with Crippen LogP contribution >= 0.6 is 0 Å². The number of carbonyl (C=O) groups excluding carboxylic acids is 1. The molecule has 1 amide bonds. The Balaban J connectivity index is 2.73. The summed E-state index contributed by atoms with van der Waals surface area (Å²) in [6, 6.07) is 8.96. The normalized spacial score (nSPS) is 13.3. The van der Waals surface area contributed by atoms with Gasteiger partial charge in [-0.15, -0.1) is 0 Å². The summed E-state index contributed by atoms with van der Waals surface area (Å²) in [7, 11) is 0. The molecule has 0 aromatic heterocycles. The van der Waals surface area contributed by atoms with Gasteiger partial charge in [0, 0.05) is 5.56 Å². The Morgan fingerprint density at radius 3 is 2.33 bits per heavy atom. The van der Waals surface area contributed by atoms with Crippen molar-refractivity contribution >= 4 is 5.91 Å². The van der Waals surface area contributed by atoms with Gasteiger partial charge in [0.25, 0.3) is 5.91 Å². The number of amides is 1. The first-order chi connectivity index (χ1) is 6.93. The quantitative estimate of drug-likeness (QED) is 0.790. The number of aliphatic hydroxyl groups excluding tert-OH is 1. The summed E-state index contributed by atoms with van der Waals surface area (Å²) in [5, 5.41) is 12.2. The van der Waals surface area contributed by atoms with Gasteiger partial charge >= 0.3 is 0 Å². The molecule has 0 fully saturated rings. The Morgan fingerprint density at radius 2 is 1.87 bits per heavy atom. The number of rotatable bonds is 3. The highest BCUT2D eigenvalue weighted by atomic mass is 16.3. The van der Waals surface area contributed by atoms with Gasteiger partial charge < -0.3 is 10.4 Å². The van der Waals surface area contributed by atoms with Crippen molar-refractivity contribution in [1.82, 2.24) is 5.32 Å². The van der Waals surface area contributed by atoms with E-state index in [2.05, 4.69) is 5.32 Å². The molecule has 15 heavy (non-hydrogen) atoms. The molecule has 0 bridgehead atoms. The minimum Gasteiger partial charge on any atom is -0.391 e. The number of aliphatic hydroxyl groups is 1. The van der Waals surface area contributed by atoms with Gasteiger partial charge in [0.15, 0.2) is 0 Å². The molecule has 2 N–H and O–H groups in total. The Kier molecular flexibility index (Phi) is 3.48. The summed E-state index contributed by atoms with van der Waals surface area (Å²) in [6.45, 7) is 5.24. The zero-order chi connectivity index (χ0) is 11.5. The van der Waals surface area contributed by atoms with Crippen LogP contribution in [0.25, 0.3) is 0 Å². The van der Waals surface area contributed by atoms with Crippen molar-refractivity contribution in [2.75, 3.05) is 0 Å².